The summed E-state index contributed by atoms with van der Waals surface area (Å²) in [5.74, 6) is -0.201. The molecule has 1 amide bonds. The summed E-state index contributed by atoms with van der Waals surface area (Å²) in [6, 6.07) is 15.4. The van der Waals surface area contributed by atoms with Crippen LogP contribution >= 0.6 is 0 Å². The maximum atomic E-state index is 13.0. The Bertz CT molecular complexity index is 968. The molecule has 1 fully saturated rings. The summed E-state index contributed by atoms with van der Waals surface area (Å²) in [5, 5.41) is 3.09. The van der Waals surface area contributed by atoms with Gasteiger partial charge in [-0.2, -0.15) is 0 Å². The standard InChI is InChI=1S/C22H28N2O4S/c1-17-19(10-7-11-20(17)24(2)29(3,26)27)21(25)23-16-22(12-14-28-15-13-22)18-8-5-4-6-9-18/h4-11H,12-16H2,1-3H3,(H,23,25). The van der Waals surface area contributed by atoms with E-state index in [1.807, 2.05) is 18.2 Å². The fourth-order valence-corrected chi connectivity index (χ4v) is 4.41. The summed E-state index contributed by atoms with van der Waals surface area (Å²) in [5.41, 5.74) is 2.66. The summed E-state index contributed by atoms with van der Waals surface area (Å²) < 4.78 is 30.6. The summed E-state index contributed by atoms with van der Waals surface area (Å²) in [6.07, 6.45) is 2.83. The molecule has 0 spiro atoms. The van der Waals surface area contributed by atoms with Crippen molar-refractivity contribution in [3.05, 3.63) is 65.2 Å². The molecule has 0 aromatic heterocycles. The number of carbonyl (C=O) groups is 1. The van der Waals surface area contributed by atoms with E-state index >= 15 is 0 Å². The van der Waals surface area contributed by atoms with Gasteiger partial charge in [0.1, 0.15) is 0 Å². The molecular weight excluding hydrogens is 388 g/mol. The predicted octanol–water partition coefficient (Wildman–Crippen LogP) is 2.87. The van der Waals surface area contributed by atoms with E-state index < -0.39 is 10.0 Å². The van der Waals surface area contributed by atoms with Gasteiger partial charge in [-0.25, -0.2) is 8.42 Å². The van der Waals surface area contributed by atoms with Gasteiger partial charge in [0, 0.05) is 37.8 Å². The van der Waals surface area contributed by atoms with Gasteiger partial charge >= 0.3 is 0 Å². The lowest BCUT2D eigenvalue weighted by molar-refractivity contribution is 0.0487. The first-order chi connectivity index (χ1) is 13.7. The van der Waals surface area contributed by atoms with Crippen LogP contribution in [0.2, 0.25) is 0 Å². The van der Waals surface area contributed by atoms with Crippen LogP contribution in [0, 0.1) is 6.92 Å². The first-order valence-corrected chi connectivity index (χ1v) is 11.5. The van der Waals surface area contributed by atoms with Gasteiger partial charge in [0.25, 0.3) is 5.91 Å². The minimum Gasteiger partial charge on any atom is -0.381 e. The molecule has 0 saturated carbocycles. The second-order valence-corrected chi connectivity index (χ2v) is 9.64. The molecule has 0 unspecified atom stereocenters. The average molecular weight is 417 g/mol. The molecule has 2 aromatic carbocycles. The molecule has 0 atom stereocenters. The number of nitrogens with one attached hydrogen (secondary N) is 1. The number of sulfonamides is 1. The van der Waals surface area contributed by atoms with Crippen LogP contribution in [0.15, 0.2) is 48.5 Å². The van der Waals surface area contributed by atoms with Gasteiger partial charge in [0.05, 0.1) is 11.9 Å². The van der Waals surface area contributed by atoms with E-state index in [2.05, 4.69) is 17.4 Å². The van der Waals surface area contributed by atoms with E-state index in [4.69, 9.17) is 4.74 Å². The summed E-state index contributed by atoms with van der Waals surface area (Å²) in [6.45, 7) is 3.61. The van der Waals surface area contributed by atoms with Crippen molar-refractivity contribution in [2.24, 2.45) is 0 Å². The number of hydrogen-bond acceptors (Lipinski definition) is 4. The Hall–Kier alpha value is -2.38. The van der Waals surface area contributed by atoms with Crippen molar-refractivity contribution in [3.8, 4) is 0 Å². The highest BCUT2D eigenvalue weighted by Crippen LogP contribution is 2.34. The Labute approximate surface area is 172 Å². The highest BCUT2D eigenvalue weighted by molar-refractivity contribution is 7.92. The van der Waals surface area contributed by atoms with Crippen LogP contribution in [-0.4, -0.2) is 47.4 Å². The van der Waals surface area contributed by atoms with Crippen molar-refractivity contribution in [1.82, 2.24) is 5.32 Å². The molecule has 6 nitrogen and oxygen atoms in total. The van der Waals surface area contributed by atoms with Crippen molar-refractivity contribution in [3.63, 3.8) is 0 Å². The summed E-state index contributed by atoms with van der Waals surface area (Å²) in [7, 11) is -1.92. The van der Waals surface area contributed by atoms with Gasteiger partial charge in [0.2, 0.25) is 10.0 Å². The molecule has 0 bridgehead atoms. The largest absolute Gasteiger partial charge is 0.381 e. The third-order valence-electron chi connectivity index (χ3n) is 5.81. The lowest BCUT2D eigenvalue weighted by atomic mass is 9.74. The number of rotatable bonds is 6. The molecule has 156 valence electrons. The Morgan fingerprint density at radius 2 is 1.76 bits per heavy atom. The third-order valence-corrected chi connectivity index (χ3v) is 7.00. The maximum absolute atomic E-state index is 13.0. The number of carbonyl (C=O) groups excluding carboxylic acids is 1. The topological polar surface area (TPSA) is 75.7 Å². The molecule has 2 aromatic rings. The van der Waals surface area contributed by atoms with Crippen LogP contribution in [0.5, 0.6) is 0 Å². The summed E-state index contributed by atoms with van der Waals surface area (Å²) in [4.78, 5) is 13.0. The zero-order chi connectivity index (χ0) is 21.1. The van der Waals surface area contributed by atoms with Crippen LogP contribution in [-0.2, 0) is 20.2 Å². The number of anilines is 1. The van der Waals surface area contributed by atoms with Gasteiger partial charge in [-0.15, -0.1) is 0 Å². The van der Waals surface area contributed by atoms with Crippen LogP contribution < -0.4 is 9.62 Å². The van der Waals surface area contributed by atoms with E-state index in [0.29, 0.717) is 36.6 Å². The van der Waals surface area contributed by atoms with E-state index in [1.165, 1.54) is 16.9 Å². The lowest BCUT2D eigenvalue weighted by Crippen LogP contribution is -2.44. The molecule has 1 heterocycles. The molecule has 7 heteroatoms. The van der Waals surface area contributed by atoms with Gasteiger partial charge in [-0.1, -0.05) is 36.4 Å². The quantitative estimate of drug-likeness (QED) is 0.786. The first kappa shape index (κ1) is 21.3. The third kappa shape index (κ3) is 4.62. The van der Waals surface area contributed by atoms with Gasteiger partial charge < -0.3 is 10.1 Å². The van der Waals surface area contributed by atoms with Crippen molar-refractivity contribution in [2.75, 3.05) is 37.4 Å². The molecule has 0 aliphatic carbocycles. The first-order valence-electron chi connectivity index (χ1n) is 9.70. The van der Waals surface area contributed by atoms with Crippen molar-refractivity contribution in [2.45, 2.75) is 25.2 Å². The fourth-order valence-electron chi connectivity index (χ4n) is 3.86. The monoisotopic (exact) mass is 416 g/mol. The second kappa shape index (κ2) is 8.55. The van der Waals surface area contributed by atoms with E-state index in [1.54, 1.807) is 25.1 Å². The minimum atomic E-state index is -3.41. The van der Waals surface area contributed by atoms with Gasteiger partial charge in [-0.05, 0) is 43.0 Å². The normalized spacial score (nSPS) is 16.2. The predicted molar refractivity (Wildman–Crippen MR) is 115 cm³/mol. The Morgan fingerprint density at radius 1 is 1.10 bits per heavy atom. The van der Waals surface area contributed by atoms with Crippen LogP contribution in [0.1, 0.15) is 34.3 Å². The molecule has 0 radical (unpaired) electrons. The number of amides is 1. The Kier molecular flexibility index (Phi) is 6.29. The van der Waals surface area contributed by atoms with Crippen molar-refractivity contribution in [1.29, 1.82) is 0 Å². The van der Waals surface area contributed by atoms with E-state index in [9.17, 15) is 13.2 Å². The number of hydrogen-bond donors (Lipinski definition) is 1. The zero-order valence-electron chi connectivity index (χ0n) is 17.1. The van der Waals surface area contributed by atoms with E-state index in [0.717, 1.165) is 19.1 Å². The molecule has 1 aliphatic heterocycles. The Morgan fingerprint density at radius 3 is 2.38 bits per heavy atom. The minimum absolute atomic E-state index is 0.162. The number of ether oxygens (including phenoxy) is 1. The molecule has 1 saturated heterocycles. The second-order valence-electron chi connectivity index (χ2n) is 7.62. The highest BCUT2D eigenvalue weighted by Gasteiger charge is 2.35. The van der Waals surface area contributed by atoms with Crippen LogP contribution in [0.25, 0.3) is 0 Å². The molecule has 1 N–H and O–H groups in total. The Balaban J connectivity index is 1.83. The fraction of sp³-hybridized carbons (Fsp3) is 0.409. The highest BCUT2D eigenvalue weighted by atomic mass is 32.2. The average Bonchev–Trinajstić information content (AvgIpc) is 2.72. The molecule has 29 heavy (non-hydrogen) atoms. The number of nitrogens with zero attached hydrogens (tertiary/aromatic N) is 1. The van der Waals surface area contributed by atoms with Crippen LogP contribution in [0.3, 0.4) is 0 Å². The van der Waals surface area contributed by atoms with E-state index in [-0.39, 0.29) is 11.3 Å². The smallest absolute Gasteiger partial charge is 0.251 e. The molecular formula is C22H28N2O4S. The van der Waals surface area contributed by atoms with Gasteiger partial charge in [0.15, 0.2) is 0 Å². The van der Waals surface area contributed by atoms with Crippen molar-refractivity contribution >= 4 is 21.6 Å². The summed E-state index contributed by atoms with van der Waals surface area (Å²) >= 11 is 0. The van der Waals surface area contributed by atoms with Crippen molar-refractivity contribution < 1.29 is 17.9 Å². The molecule has 1 aliphatic rings. The lowest BCUT2D eigenvalue weighted by Gasteiger charge is -2.38. The van der Waals surface area contributed by atoms with Crippen LogP contribution in [0.4, 0.5) is 5.69 Å². The zero-order valence-corrected chi connectivity index (χ0v) is 18.0. The maximum Gasteiger partial charge on any atom is 0.251 e. The SMILES string of the molecule is Cc1c(C(=O)NCC2(c3ccccc3)CCOCC2)cccc1N(C)S(C)(=O)=O. The number of benzene rings is 2. The molecule has 3 rings (SSSR count). The van der Waals surface area contributed by atoms with Gasteiger partial charge in [-0.3, -0.25) is 9.10 Å².